The molecule has 1 aromatic carbocycles. The zero-order chi connectivity index (χ0) is 16.2. The average molecular weight is 336 g/mol. The second kappa shape index (κ2) is 6.75. The number of pyridine rings is 1. The maximum atomic E-state index is 12.0. The van der Waals surface area contributed by atoms with Crippen molar-refractivity contribution in [1.29, 1.82) is 0 Å². The minimum absolute atomic E-state index is 0.0707. The lowest BCUT2D eigenvalue weighted by Crippen LogP contribution is -2.16. The van der Waals surface area contributed by atoms with E-state index in [4.69, 9.17) is 30.5 Å². The number of esters is 1. The van der Waals surface area contributed by atoms with Crippen LogP contribution in [-0.4, -0.2) is 31.3 Å². The van der Waals surface area contributed by atoms with Crippen LogP contribution in [0.15, 0.2) is 30.5 Å². The fourth-order valence-electron chi connectivity index (χ4n) is 2.10. The van der Waals surface area contributed by atoms with Crippen LogP contribution in [0.3, 0.4) is 0 Å². The molecule has 0 N–H and O–H groups in total. The van der Waals surface area contributed by atoms with Gasteiger partial charge in [-0.2, -0.15) is 0 Å². The number of methoxy groups -OCH3 is 1. The first-order chi connectivity index (χ1) is 11.2. The lowest BCUT2D eigenvalue weighted by atomic mass is 10.2. The summed E-state index contributed by atoms with van der Waals surface area (Å²) in [5.41, 5.74) is 1.06. The predicted molar refractivity (Wildman–Crippen MR) is 82.4 cm³/mol. The molecule has 0 fully saturated rings. The van der Waals surface area contributed by atoms with Crippen molar-refractivity contribution in [1.82, 2.24) is 4.98 Å². The molecule has 0 saturated carbocycles. The molecule has 1 aliphatic heterocycles. The summed E-state index contributed by atoms with van der Waals surface area (Å²) in [5, 5.41) is 0.430. The number of aromatic nitrogens is 1. The van der Waals surface area contributed by atoms with Gasteiger partial charge in [-0.1, -0.05) is 11.6 Å². The van der Waals surface area contributed by atoms with E-state index in [0.29, 0.717) is 46.7 Å². The summed E-state index contributed by atoms with van der Waals surface area (Å²) < 4.78 is 21.1. The summed E-state index contributed by atoms with van der Waals surface area (Å²) in [6, 6.07) is 6.62. The molecule has 1 aromatic heterocycles. The normalized spacial score (nSPS) is 12.6. The van der Waals surface area contributed by atoms with Crippen LogP contribution >= 0.6 is 11.6 Å². The van der Waals surface area contributed by atoms with Crippen molar-refractivity contribution >= 4 is 17.6 Å². The molecule has 1 aliphatic rings. The van der Waals surface area contributed by atoms with E-state index in [-0.39, 0.29) is 6.61 Å². The fraction of sp³-hybridized carbons (Fsp3) is 0.250. The summed E-state index contributed by atoms with van der Waals surface area (Å²) in [6.07, 6.45) is 1.40. The van der Waals surface area contributed by atoms with Crippen LogP contribution < -0.4 is 14.2 Å². The third-order valence-corrected chi connectivity index (χ3v) is 3.49. The molecular formula is C16H14ClNO5. The molecular weight excluding hydrogens is 322 g/mol. The van der Waals surface area contributed by atoms with Crippen molar-refractivity contribution in [2.24, 2.45) is 0 Å². The van der Waals surface area contributed by atoms with E-state index < -0.39 is 5.97 Å². The van der Waals surface area contributed by atoms with Crippen molar-refractivity contribution in [3.8, 4) is 17.4 Å². The highest BCUT2D eigenvalue weighted by Crippen LogP contribution is 2.38. The van der Waals surface area contributed by atoms with Gasteiger partial charge in [0.2, 0.25) is 5.88 Å². The van der Waals surface area contributed by atoms with E-state index in [9.17, 15) is 4.79 Å². The Hall–Kier alpha value is -2.47. The number of carbonyl (C=O) groups excluding carboxylic acids is 1. The summed E-state index contributed by atoms with van der Waals surface area (Å²) in [6.45, 7) is 0.997. The van der Waals surface area contributed by atoms with E-state index in [0.717, 1.165) is 0 Å². The molecule has 0 radical (unpaired) electrons. The maximum Gasteiger partial charge on any atom is 0.340 e. The van der Waals surface area contributed by atoms with Crippen LogP contribution in [0, 0.1) is 0 Å². The van der Waals surface area contributed by atoms with Gasteiger partial charge in [0, 0.05) is 12.3 Å². The minimum Gasteiger partial charge on any atom is -0.486 e. The lowest BCUT2D eigenvalue weighted by Gasteiger charge is -2.20. The van der Waals surface area contributed by atoms with Crippen LogP contribution in [0.4, 0.5) is 0 Å². The Morgan fingerprint density at radius 2 is 2.13 bits per heavy atom. The summed E-state index contributed by atoms with van der Waals surface area (Å²) in [5.74, 6) is 1.03. The van der Waals surface area contributed by atoms with E-state index in [1.807, 2.05) is 0 Å². The largest absolute Gasteiger partial charge is 0.486 e. The average Bonchev–Trinajstić information content (AvgIpc) is 2.60. The Kier molecular flexibility index (Phi) is 4.52. The highest BCUT2D eigenvalue weighted by molar-refractivity contribution is 6.32. The molecule has 120 valence electrons. The maximum absolute atomic E-state index is 12.0. The SMILES string of the molecule is COc1ccc(C(=O)OCc2cc(Cl)c3c(c2)OCCO3)cn1. The minimum atomic E-state index is -0.480. The molecule has 0 unspecified atom stereocenters. The van der Waals surface area contributed by atoms with Gasteiger partial charge >= 0.3 is 5.97 Å². The second-order valence-electron chi connectivity index (χ2n) is 4.77. The zero-order valence-corrected chi connectivity index (χ0v) is 13.1. The van der Waals surface area contributed by atoms with Gasteiger partial charge < -0.3 is 18.9 Å². The van der Waals surface area contributed by atoms with E-state index in [1.54, 1.807) is 24.3 Å². The zero-order valence-electron chi connectivity index (χ0n) is 12.4. The Morgan fingerprint density at radius 3 is 2.87 bits per heavy atom. The first-order valence-corrected chi connectivity index (χ1v) is 7.30. The highest BCUT2D eigenvalue weighted by Gasteiger charge is 2.17. The fourth-order valence-corrected chi connectivity index (χ4v) is 2.39. The smallest absolute Gasteiger partial charge is 0.340 e. The van der Waals surface area contributed by atoms with Crippen LogP contribution in [0.1, 0.15) is 15.9 Å². The molecule has 0 aliphatic carbocycles. The van der Waals surface area contributed by atoms with E-state index >= 15 is 0 Å². The summed E-state index contributed by atoms with van der Waals surface area (Å²) in [4.78, 5) is 16.0. The number of fused-ring (bicyclic) bond motifs is 1. The number of nitrogens with zero attached hydrogens (tertiary/aromatic N) is 1. The highest BCUT2D eigenvalue weighted by atomic mass is 35.5. The monoisotopic (exact) mass is 335 g/mol. The van der Waals surface area contributed by atoms with Crippen LogP contribution in [-0.2, 0) is 11.3 Å². The van der Waals surface area contributed by atoms with Crippen LogP contribution in [0.5, 0.6) is 17.4 Å². The van der Waals surface area contributed by atoms with Gasteiger partial charge in [0.05, 0.1) is 17.7 Å². The molecule has 3 rings (SSSR count). The Bertz CT molecular complexity index is 717. The number of ether oxygens (including phenoxy) is 4. The van der Waals surface area contributed by atoms with Gasteiger partial charge in [-0.3, -0.25) is 0 Å². The molecule has 6 nitrogen and oxygen atoms in total. The van der Waals surface area contributed by atoms with Gasteiger partial charge in [-0.25, -0.2) is 9.78 Å². The van der Waals surface area contributed by atoms with Crippen molar-refractivity contribution in [3.63, 3.8) is 0 Å². The van der Waals surface area contributed by atoms with Gasteiger partial charge in [-0.15, -0.1) is 0 Å². The second-order valence-corrected chi connectivity index (χ2v) is 5.17. The first kappa shape index (κ1) is 15.4. The number of carbonyl (C=O) groups is 1. The topological polar surface area (TPSA) is 66.9 Å². The van der Waals surface area contributed by atoms with Crippen molar-refractivity contribution < 1.29 is 23.7 Å². The van der Waals surface area contributed by atoms with Gasteiger partial charge in [0.15, 0.2) is 11.5 Å². The molecule has 2 heterocycles. The van der Waals surface area contributed by atoms with Crippen molar-refractivity contribution in [2.45, 2.75) is 6.61 Å². The molecule has 7 heteroatoms. The van der Waals surface area contributed by atoms with E-state index in [2.05, 4.69) is 4.98 Å². The Morgan fingerprint density at radius 1 is 1.30 bits per heavy atom. The third-order valence-electron chi connectivity index (χ3n) is 3.21. The molecule has 0 bridgehead atoms. The molecule has 0 spiro atoms. The van der Waals surface area contributed by atoms with Crippen molar-refractivity contribution in [2.75, 3.05) is 20.3 Å². The third kappa shape index (κ3) is 3.48. The van der Waals surface area contributed by atoms with E-state index in [1.165, 1.54) is 13.3 Å². The lowest BCUT2D eigenvalue weighted by molar-refractivity contribution is 0.0471. The quantitative estimate of drug-likeness (QED) is 0.800. The number of benzene rings is 1. The van der Waals surface area contributed by atoms with Crippen molar-refractivity contribution in [3.05, 3.63) is 46.6 Å². The molecule has 23 heavy (non-hydrogen) atoms. The molecule has 0 amide bonds. The molecule has 0 atom stereocenters. The number of hydrogen-bond donors (Lipinski definition) is 0. The van der Waals surface area contributed by atoms with Gasteiger partial charge in [0.1, 0.15) is 19.8 Å². The summed E-state index contributed by atoms with van der Waals surface area (Å²) >= 11 is 6.14. The first-order valence-electron chi connectivity index (χ1n) is 6.92. The predicted octanol–water partition coefficient (Wildman–Crippen LogP) is 2.87. The van der Waals surface area contributed by atoms with Gasteiger partial charge in [0.25, 0.3) is 0 Å². The van der Waals surface area contributed by atoms with Gasteiger partial charge in [-0.05, 0) is 23.8 Å². The summed E-state index contributed by atoms with van der Waals surface area (Å²) in [7, 11) is 1.51. The molecule has 2 aromatic rings. The Labute approximate surface area is 137 Å². The number of rotatable bonds is 4. The standard InChI is InChI=1S/C16H14ClNO5/c1-20-14-3-2-11(8-18-14)16(19)23-9-10-6-12(17)15-13(7-10)21-4-5-22-15/h2-3,6-8H,4-5,9H2,1H3. The molecule has 0 saturated heterocycles. The number of halogens is 1. The Balaban J connectivity index is 1.67. The van der Waals surface area contributed by atoms with Crippen LogP contribution in [0.2, 0.25) is 5.02 Å². The van der Waals surface area contributed by atoms with Crippen LogP contribution in [0.25, 0.3) is 0 Å². The number of hydrogen-bond acceptors (Lipinski definition) is 6.